The summed E-state index contributed by atoms with van der Waals surface area (Å²) in [5, 5.41) is 4.32. The number of aromatic nitrogens is 1. The number of aryl methyl sites for hydroxylation is 1. The summed E-state index contributed by atoms with van der Waals surface area (Å²) in [4.78, 5) is 17.7. The molecular weight excluding hydrogens is 306 g/mol. The van der Waals surface area contributed by atoms with Gasteiger partial charge in [-0.1, -0.05) is 42.0 Å². The van der Waals surface area contributed by atoms with Crippen LogP contribution in [-0.2, 0) is 0 Å². The number of carbonyl (C=O) groups excluding carboxylic acids is 1. The molecule has 0 radical (unpaired) electrons. The van der Waals surface area contributed by atoms with Crippen LogP contribution >= 0.6 is 11.3 Å². The van der Waals surface area contributed by atoms with Crippen molar-refractivity contribution < 1.29 is 4.79 Å². The fourth-order valence-corrected chi connectivity index (χ4v) is 4.99. The summed E-state index contributed by atoms with van der Waals surface area (Å²) < 4.78 is 0. The van der Waals surface area contributed by atoms with Crippen LogP contribution in [0, 0.1) is 18.8 Å². The molecule has 2 aromatic rings. The lowest BCUT2D eigenvalue weighted by atomic mass is 9.96. The Bertz CT molecular complexity index is 754. The Kier molecular flexibility index (Phi) is 3.60. The fraction of sp³-hybridized carbons (Fsp3) is 0.444. The normalized spacial score (nSPS) is 25.7. The van der Waals surface area contributed by atoms with Crippen LogP contribution in [0.5, 0.6) is 0 Å². The Morgan fingerprint density at radius 2 is 2.13 bits per heavy atom. The highest BCUT2D eigenvalue weighted by molar-refractivity contribution is 7.18. The van der Waals surface area contributed by atoms with E-state index in [0.717, 1.165) is 22.5 Å². The molecule has 1 heterocycles. The van der Waals surface area contributed by atoms with E-state index in [4.69, 9.17) is 5.73 Å². The quantitative estimate of drug-likeness (QED) is 0.837. The molecule has 120 valence electrons. The maximum Gasteiger partial charge on any atom is 0.207 e. The first-order valence-corrected chi connectivity index (χ1v) is 9.06. The summed E-state index contributed by atoms with van der Waals surface area (Å²) >= 11 is 1.39. The number of rotatable bonds is 4. The van der Waals surface area contributed by atoms with Gasteiger partial charge in [-0.25, -0.2) is 4.98 Å². The first-order chi connectivity index (χ1) is 11.1. The van der Waals surface area contributed by atoms with Crippen LogP contribution in [0.3, 0.4) is 0 Å². The summed E-state index contributed by atoms with van der Waals surface area (Å²) in [6.45, 7) is 1.94. The van der Waals surface area contributed by atoms with Crippen LogP contribution in [0.25, 0.3) is 0 Å². The number of nitrogens with two attached hydrogens (primary N) is 1. The van der Waals surface area contributed by atoms with Crippen molar-refractivity contribution in [2.45, 2.75) is 38.6 Å². The molecule has 2 fully saturated rings. The van der Waals surface area contributed by atoms with Gasteiger partial charge in [0.25, 0.3) is 0 Å². The number of nitrogens with zero attached hydrogens (tertiary/aromatic N) is 1. The maximum atomic E-state index is 12.7. The third-order valence-electron chi connectivity index (χ3n) is 5.30. The molecule has 2 aliphatic rings. The number of thiazole rings is 1. The monoisotopic (exact) mass is 327 g/mol. The second-order valence-corrected chi connectivity index (χ2v) is 7.80. The van der Waals surface area contributed by atoms with E-state index < -0.39 is 0 Å². The van der Waals surface area contributed by atoms with Crippen molar-refractivity contribution in [3.63, 3.8) is 0 Å². The minimum atomic E-state index is -0.0286. The summed E-state index contributed by atoms with van der Waals surface area (Å²) in [6.07, 6.45) is 5.26. The number of anilines is 2. The highest BCUT2D eigenvalue weighted by atomic mass is 32.1. The molecule has 1 aromatic heterocycles. The lowest BCUT2D eigenvalue weighted by molar-refractivity contribution is 0.104. The highest BCUT2D eigenvalue weighted by Gasteiger charge is 2.39. The Morgan fingerprint density at radius 1 is 1.30 bits per heavy atom. The minimum Gasteiger partial charge on any atom is -0.382 e. The number of nitrogens with one attached hydrogen (secondary N) is 1. The zero-order valence-electron chi connectivity index (χ0n) is 13.2. The van der Waals surface area contributed by atoms with Gasteiger partial charge in [0.1, 0.15) is 10.7 Å². The van der Waals surface area contributed by atoms with Gasteiger partial charge in [-0.3, -0.25) is 4.79 Å². The molecule has 2 aliphatic carbocycles. The van der Waals surface area contributed by atoms with Crippen molar-refractivity contribution in [3.05, 3.63) is 40.3 Å². The first kappa shape index (κ1) is 14.7. The Labute approximate surface area is 140 Å². The zero-order valence-corrected chi connectivity index (χ0v) is 14.0. The zero-order chi connectivity index (χ0) is 16.0. The topological polar surface area (TPSA) is 68.0 Å². The Hall–Kier alpha value is -1.88. The molecular formula is C18H21N3OS. The van der Waals surface area contributed by atoms with Crippen molar-refractivity contribution in [2.24, 2.45) is 11.8 Å². The molecule has 0 spiro atoms. The summed E-state index contributed by atoms with van der Waals surface area (Å²) in [7, 11) is 0. The second kappa shape index (κ2) is 5.64. The van der Waals surface area contributed by atoms with Gasteiger partial charge in [0.05, 0.1) is 0 Å². The van der Waals surface area contributed by atoms with E-state index in [1.54, 1.807) is 0 Å². The van der Waals surface area contributed by atoms with Gasteiger partial charge in [-0.05, 0) is 43.6 Å². The van der Waals surface area contributed by atoms with E-state index in [1.807, 2.05) is 31.2 Å². The molecule has 0 aliphatic heterocycles. The molecule has 3 atom stereocenters. The van der Waals surface area contributed by atoms with E-state index in [1.165, 1.54) is 37.0 Å². The van der Waals surface area contributed by atoms with Crippen LogP contribution in [-0.4, -0.2) is 16.8 Å². The lowest BCUT2D eigenvalue weighted by Crippen LogP contribution is -2.25. The fourth-order valence-electron chi connectivity index (χ4n) is 4.09. The number of ketones is 1. The summed E-state index contributed by atoms with van der Waals surface area (Å²) in [6, 6.07) is 8.11. The third kappa shape index (κ3) is 2.63. The molecule has 2 unspecified atom stereocenters. The standard InChI is InChI=1S/C18H21N3OS/c1-10-4-2-3-5-13(10)15(22)16-17(19)21-18(23-16)20-14-9-11-6-7-12(14)8-11/h2-5,11-12,14H,6-9,19H2,1H3,(H,20,21)/t11?,12?,14-/m0/s1. The second-order valence-electron chi connectivity index (χ2n) is 6.80. The number of benzene rings is 1. The Morgan fingerprint density at radius 3 is 2.83 bits per heavy atom. The van der Waals surface area contributed by atoms with Gasteiger partial charge in [-0.15, -0.1) is 0 Å². The van der Waals surface area contributed by atoms with Crippen LogP contribution in [0.2, 0.25) is 0 Å². The van der Waals surface area contributed by atoms with Crippen molar-refractivity contribution in [2.75, 3.05) is 11.1 Å². The van der Waals surface area contributed by atoms with Crippen molar-refractivity contribution in [1.82, 2.24) is 4.98 Å². The number of nitrogen functional groups attached to an aromatic ring is 1. The number of hydrogen-bond acceptors (Lipinski definition) is 5. The third-order valence-corrected chi connectivity index (χ3v) is 6.30. The van der Waals surface area contributed by atoms with Gasteiger partial charge >= 0.3 is 0 Å². The molecule has 23 heavy (non-hydrogen) atoms. The maximum absolute atomic E-state index is 12.7. The van der Waals surface area contributed by atoms with Crippen LogP contribution in [0.4, 0.5) is 10.9 Å². The Balaban J connectivity index is 1.55. The van der Waals surface area contributed by atoms with E-state index in [2.05, 4.69) is 10.3 Å². The number of hydrogen-bond donors (Lipinski definition) is 2. The smallest absolute Gasteiger partial charge is 0.207 e. The van der Waals surface area contributed by atoms with E-state index >= 15 is 0 Å². The minimum absolute atomic E-state index is 0.0286. The molecule has 2 saturated carbocycles. The molecule has 4 nitrogen and oxygen atoms in total. The van der Waals surface area contributed by atoms with Crippen LogP contribution in [0.1, 0.15) is 46.5 Å². The largest absolute Gasteiger partial charge is 0.382 e. The molecule has 0 saturated heterocycles. The molecule has 0 amide bonds. The lowest BCUT2D eigenvalue weighted by Gasteiger charge is -2.22. The van der Waals surface area contributed by atoms with Gasteiger partial charge < -0.3 is 11.1 Å². The number of fused-ring (bicyclic) bond motifs is 2. The van der Waals surface area contributed by atoms with E-state index in [0.29, 0.717) is 22.3 Å². The van der Waals surface area contributed by atoms with Crippen LogP contribution < -0.4 is 11.1 Å². The predicted octanol–water partition coefficient (Wildman–Crippen LogP) is 3.87. The number of carbonyl (C=O) groups is 1. The average molecular weight is 327 g/mol. The molecule has 3 N–H and O–H groups in total. The van der Waals surface area contributed by atoms with Gasteiger partial charge in [0.15, 0.2) is 5.13 Å². The van der Waals surface area contributed by atoms with E-state index in [9.17, 15) is 4.79 Å². The predicted molar refractivity (Wildman–Crippen MR) is 94.0 cm³/mol. The van der Waals surface area contributed by atoms with Crippen molar-refractivity contribution >= 4 is 28.1 Å². The molecule has 2 bridgehead atoms. The van der Waals surface area contributed by atoms with Gasteiger partial charge in [0.2, 0.25) is 5.78 Å². The van der Waals surface area contributed by atoms with Gasteiger partial charge in [-0.2, -0.15) is 0 Å². The first-order valence-electron chi connectivity index (χ1n) is 8.25. The molecule has 5 heteroatoms. The van der Waals surface area contributed by atoms with Crippen molar-refractivity contribution in [1.29, 1.82) is 0 Å². The van der Waals surface area contributed by atoms with Crippen LogP contribution in [0.15, 0.2) is 24.3 Å². The highest BCUT2D eigenvalue weighted by Crippen LogP contribution is 2.46. The van der Waals surface area contributed by atoms with Crippen molar-refractivity contribution in [3.8, 4) is 0 Å². The summed E-state index contributed by atoms with van der Waals surface area (Å²) in [5.41, 5.74) is 7.69. The van der Waals surface area contributed by atoms with E-state index in [-0.39, 0.29) is 5.78 Å². The molecule has 4 rings (SSSR count). The van der Waals surface area contributed by atoms with Gasteiger partial charge in [0, 0.05) is 11.6 Å². The molecule has 1 aromatic carbocycles. The average Bonchev–Trinajstić information content (AvgIpc) is 3.23. The SMILES string of the molecule is Cc1ccccc1C(=O)c1sc(N[C@H]2CC3CCC2C3)nc1N. The summed E-state index contributed by atoms with van der Waals surface area (Å²) in [5.74, 6) is 1.96.